The maximum absolute atomic E-state index is 12.2. The van der Waals surface area contributed by atoms with Crippen molar-refractivity contribution in [2.45, 2.75) is 25.9 Å². The molecule has 0 aliphatic heterocycles. The molecule has 0 unspecified atom stereocenters. The van der Waals surface area contributed by atoms with Crippen molar-refractivity contribution in [3.05, 3.63) is 65.6 Å². The summed E-state index contributed by atoms with van der Waals surface area (Å²) in [4.78, 5) is 25.0. The highest BCUT2D eigenvalue weighted by atomic mass is 35.5. The molecule has 0 saturated carbocycles. The lowest BCUT2D eigenvalue weighted by Crippen LogP contribution is -2.42. The van der Waals surface area contributed by atoms with Gasteiger partial charge in [0.15, 0.2) is 0 Å². The van der Waals surface area contributed by atoms with Gasteiger partial charge >= 0.3 is 0 Å². The van der Waals surface area contributed by atoms with Crippen LogP contribution in [0, 0.1) is 0 Å². The Balaban J connectivity index is 0.000000821. The first-order valence-electron chi connectivity index (χ1n) is 10.0. The molecular weight excluding hydrogens is 463 g/mol. The van der Waals surface area contributed by atoms with Crippen LogP contribution in [0.1, 0.15) is 30.8 Å². The third kappa shape index (κ3) is 11.0. The summed E-state index contributed by atoms with van der Waals surface area (Å²) in [5, 5.41) is 6.52. The minimum Gasteiger partial charge on any atom is -0.351 e. The third-order valence-corrected chi connectivity index (χ3v) is 3.93. The van der Waals surface area contributed by atoms with Gasteiger partial charge in [-0.15, -0.1) is 12.4 Å². The van der Waals surface area contributed by atoms with Crippen molar-refractivity contribution in [2.24, 2.45) is 17.2 Å². The van der Waals surface area contributed by atoms with Crippen LogP contribution in [0.25, 0.3) is 11.3 Å². The second-order valence-corrected chi connectivity index (χ2v) is 7.99. The third-order valence-electron chi connectivity index (χ3n) is 3.69. The molecule has 33 heavy (non-hydrogen) atoms. The second-order valence-electron chi connectivity index (χ2n) is 7.55. The van der Waals surface area contributed by atoms with Crippen LogP contribution in [0.2, 0.25) is 5.02 Å². The SMILES string of the molecule is CC(C)(N)N.Cl.NCCCNC(=O)c1cc(-c2ccnc(Nc3cccc(Cl)c3)n2)ccn1. The van der Waals surface area contributed by atoms with Gasteiger partial charge in [0, 0.05) is 35.2 Å². The molecule has 9 nitrogen and oxygen atoms in total. The highest BCUT2D eigenvalue weighted by Crippen LogP contribution is 2.21. The average Bonchev–Trinajstić information content (AvgIpc) is 2.73. The summed E-state index contributed by atoms with van der Waals surface area (Å²) in [5.74, 6) is 0.192. The molecular formula is C22H30Cl2N8O. The second kappa shape index (κ2) is 13.7. The van der Waals surface area contributed by atoms with E-state index in [1.807, 2.05) is 12.1 Å². The van der Waals surface area contributed by atoms with Crippen molar-refractivity contribution in [1.82, 2.24) is 20.3 Å². The molecule has 0 atom stereocenters. The lowest BCUT2D eigenvalue weighted by Gasteiger charge is -2.08. The Bertz CT molecular complexity index is 1020. The molecule has 2 heterocycles. The van der Waals surface area contributed by atoms with Crippen molar-refractivity contribution in [1.29, 1.82) is 0 Å². The number of carbonyl (C=O) groups is 1. The van der Waals surface area contributed by atoms with E-state index in [2.05, 4.69) is 25.6 Å². The first kappa shape index (κ1) is 28.2. The van der Waals surface area contributed by atoms with Crippen LogP contribution in [0.4, 0.5) is 11.6 Å². The van der Waals surface area contributed by atoms with E-state index in [0.29, 0.717) is 35.4 Å². The molecule has 0 aliphatic carbocycles. The van der Waals surface area contributed by atoms with E-state index >= 15 is 0 Å². The van der Waals surface area contributed by atoms with Crippen LogP contribution in [-0.4, -0.2) is 39.6 Å². The Morgan fingerprint density at radius 2 is 1.79 bits per heavy atom. The number of rotatable bonds is 7. The number of pyridine rings is 1. The van der Waals surface area contributed by atoms with Gasteiger partial charge in [-0.1, -0.05) is 17.7 Å². The zero-order valence-electron chi connectivity index (χ0n) is 18.6. The Labute approximate surface area is 205 Å². The fourth-order valence-corrected chi connectivity index (χ4v) is 2.57. The maximum atomic E-state index is 12.2. The number of hydrogen-bond donors (Lipinski definition) is 5. The highest BCUT2D eigenvalue weighted by Gasteiger charge is 2.10. The van der Waals surface area contributed by atoms with E-state index in [1.54, 1.807) is 56.6 Å². The zero-order chi connectivity index (χ0) is 23.6. The van der Waals surface area contributed by atoms with Gasteiger partial charge in [-0.2, -0.15) is 0 Å². The fourth-order valence-electron chi connectivity index (χ4n) is 2.38. The number of nitrogens with one attached hydrogen (secondary N) is 2. The number of aromatic nitrogens is 3. The molecule has 1 aromatic carbocycles. The van der Waals surface area contributed by atoms with Crippen LogP contribution in [0.3, 0.4) is 0 Å². The maximum Gasteiger partial charge on any atom is 0.269 e. The number of hydrogen-bond acceptors (Lipinski definition) is 8. The van der Waals surface area contributed by atoms with Crippen molar-refractivity contribution in [2.75, 3.05) is 18.4 Å². The molecule has 3 rings (SSSR count). The molecule has 0 radical (unpaired) electrons. The Kier molecular flexibility index (Phi) is 11.7. The number of halogens is 2. The van der Waals surface area contributed by atoms with E-state index in [9.17, 15) is 4.79 Å². The molecule has 0 saturated heterocycles. The number of amides is 1. The van der Waals surface area contributed by atoms with Crippen LogP contribution in [0.15, 0.2) is 54.9 Å². The van der Waals surface area contributed by atoms with E-state index < -0.39 is 5.66 Å². The van der Waals surface area contributed by atoms with Crippen LogP contribution in [0.5, 0.6) is 0 Å². The summed E-state index contributed by atoms with van der Waals surface area (Å²) < 4.78 is 0. The van der Waals surface area contributed by atoms with Crippen LogP contribution < -0.4 is 27.8 Å². The van der Waals surface area contributed by atoms with Gasteiger partial charge in [0.25, 0.3) is 5.91 Å². The summed E-state index contributed by atoms with van der Waals surface area (Å²) in [6.07, 6.45) is 3.95. The summed E-state index contributed by atoms with van der Waals surface area (Å²) in [7, 11) is 0. The molecule has 178 valence electrons. The Hall–Kier alpha value is -2.82. The predicted molar refractivity (Wildman–Crippen MR) is 136 cm³/mol. The summed E-state index contributed by atoms with van der Waals surface area (Å²) in [6, 6.07) is 12.6. The van der Waals surface area contributed by atoms with Gasteiger partial charge in [-0.25, -0.2) is 9.97 Å². The largest absolute Gasteiger partial charge is 0.351 e. The lowest BCUT2D eigenvalue weighted by molar-refractivity contribution is 0.0948. The van der Waals surface area contributed by atoms with E-state index in [-0.39, 0.29) is 18.3 Å². The van der Waals surface area contributed by atoms with E-state index in [1.165, 1.54) is 0 Å². The average molecular weight is 493 g/mol. The molecule has 2 aromatic heterocycles. The minimum atomic E-state index is -0.500. The van der Waals surface area contributed by atoms with Crippen LogP contribution >= 0.6 is 24.0 Å². The van der Waals surface area contributed by atoms with Crippen molar-refractivity contribution < 1.29 is 4.79 Å². The van der Waals surface area contributed by atoms with Gasteiger partial charge in [-0.05, 0) is 63.2 Å². The zero-order valence-corrected chi connectivity index (χ0v) is 20.2. The topological polar surface area (TPSA) is 158 Å². The van der Waals surface area contributed by atoms with E-state index in [4.69, 9.17) is 28.8 Å². The number of nitrogens with zero attached hydrogens (tertiary/aromatic N) is 3. The fraction of sp³-hybridized carbons (Fsp3) is 0.273. The number of nitrogens with two attached hydrogens (primary N) is 3. The Morgan fingerprint density at radius 3 is 2.45 bits per heavy atom. The highest BCUT2D eigenvalue weighted by molar-refractivity contribution is 6.30. The summed E-state index contributed by atoms with van der Waals surface area (Å²) in [5.41, 5.74) is 17.8. The van der Waals surface area contributed by atoms with Crippen LogP contribution in [-0.2, 0) is 0 Å². The Morgan fingerprint density at radius 1 is 1.09 bits per heavy atom. The summed E-state index contributed by atoms with van der Waals surface area (Å²) in [6.45, 7) is 4.53. The van der Waals surface area contributed by atoms with Gasteiger partial charge < -0.3 is 27.8 Å². The minimum absolute atomic E-state index is 0. The van der Waals surface area contributed by atoms with Gasteiger partial charge in [0.05, 0.1) is 11.4 Å². The van der Waals surface area contributed by atoms with Crippen molar-refractivity contribution in [3.8, 4) is 11.3 Å². The van der Waals surface area contributed by atoms with Gasteiger partial charge in [0.2, 0.25) is 5.95 Å². The lowest BCUT2D eigenvalue weighted by atomic mass is 10.1. The molecule has 3 aromatic rings. The molecule has 8 N–H and O–H groups in total. The number of benzene rings is 1. The summed E-state index contributed by atoms with van der Waals surface area (Å²) >= 11 is 6.00. The smallest absolute Gasteiger partial charge is 0.269 e. The molecule has 0 bridgehead atoms. The van der Waals surface area contributed by atoms with Gasteiger partial charge in [0.1, 0.15) is 5.69 Å². The molecule has 11 heteroatoms. The molecule has 0 aliphatic rings. The first-order chi connectivity index (χ1) is 15.2. The van der Waals surface area contributed by atoms with Gasteiger partial charge in [-0.3, -0.25) is 9.78 Å². The molecule has 0 fully saturated rings. The standard InChI is InChI=1S/C19H19ClN6O.C3H10N2.ClH/c20-14-3-1-4-15(12-14)25-19-24-10-6-16(26-19)13-5-9-22-17(11-13)18(27)23-8-2-7-21;1-3(2,4)5;/h1,3-6,9-12H,2,7-8,21H2,(H,23,27)(H,24,25,26);4-5H2,1-2H3;1H. The normalized spacial score (nSPS) is 10.4. The molecule has 0 spiro atoms. The van der Waals surface area contributed by atoms with Crippen molar-refractivity contribution >= 4 is 41.6 Å². The number of anilines is 2. The van der Waals surface area contributed by atoms with Crippen molar-refractivity contribution in [3.63, 3.8) is 0 Å². The quantitative estimate of drug-likeness (QED) is 0.248. The van der Waals surface area contributed by atoms with E-state index in [0.717, 1.165) is 17.7 Å². The monoisotopic (exact) mass is 492 g/mol. The predicted octanol–water partition coefficient (Wildman–Crippen LogP) is 3.08. The molecule has 1 amide bonds. The number of carbonyl (C=O) groups excluding carboxylic acids is 1. The first-order valence-corrected chi connectivity index (χ1v) is 10.4.